The molecule has 0 fully saturated rings. The summed E-state index contributed by atoms with van der Waals surface area (Å²) < 4.78 is 32.8. The lowest BCUT2D eigenvalue weighted by Gasteiger charge is -2.07. The predicted octanol–water partition coefficient (Wildman–Crippen LogP) is 0.481. The lowest BCUT2D eigenvalue weighted by Crippen LogP contribution is -2.18. The van der Waals surface area contributed by atoms with Crippen molar-refractivity contribution in [1.29, 1.82) is 0 Å². The van der Waals surface area contributed by atoms with E-state index in [2.05, 4.69) is 0 Å². The molecule has 5 nitrogen and oxygen atoms in total. The molecule has 17 heavy (non-hydrogen) atoms. The lowest BCUT2D eigenvalue weighted by molar-refractivity contribution is 0.317. The average molecular weight is 260 g/mol. The Labute approximate surface area is 101 Å². The van der Waals surface area contributed by atoms with Gasteiger partial charge in [-0.25, -0.2) is 8.42 Å². The molecule has 0 aliphatic carbocycles. The van der Waals surface area contributed by atoms with Crippen molar-refractivity contribution in [2.75, 3.05) is 31.8 Å². The number of methoxy groups -OCH3 is 1. The third-order valence-corrected chi connectivity index (χ3v) is 3.72. The summed E-state index contributed by atoms with van der Waals surface area (Å²) in [7, 11) is -1.65. The summed E-state index contributed by atoms with van der Waals surface area (Å²) in [5.41, 5.74) is 0. The molecular formula is C11H16O5S. The molecule has 0 amide bonds. The summed E-state index contributed by atoms with van der Waals surface area (Å²) in [6.45, 7) is -0.278. The summed E-state index contributed by atoms with van der Waals surface area (Å²) in [5, 5.41) is 8.54. The van der Waals surface area contributed by atoms with Crippen LogP contribution in [0.15, 0.2) is 24.3 Å². The van der Waals surface area contributed by atoms with Gasteiger partial charge in [0.05, 0.1) is 25.2 Å². The van der Waals surface area contributed by atoms with Gasteiger partial charge in [0, 0.05) is 0 Å². The van der Waals surface area contributed by atoms with Gasteiger partial charge in [0.15, 0.2) is 9.84 Å². The van der Waals surface area contributed by atoms with E-state index < -0.39 is 9.84 Å². The maximum atomic E-state index is 11.3. The van der Waals surface area contributed by atoms with Gasteiger partial charge in [-0.1, -0.05) is 0 Å². The molecule has 0 saturated carbocycles. The number of sulfone groups is 1. The monoisotopic (exact) mass is 260 g/mol. The highest BCUT2D eigenvalue weighted by atomic mass is 32.2. The number of rotatable bonds is 7. The molecule has 0 aromatic heterocycles. The second-order valence-corrected chi connectivity index (χ2v) is 5.70. The van der Waals surface area contributed by atoms with Crippen molar-refractivity contribution in [3.05, 3.63) is 24.3 Å². The van der Waals surface area contributed by atoms with E-state index in [1.807, 2.05) is 0 Å². The largest absolute Gasteiger partial charge is 0.497 e. The first kappa shape index (κ1) is 13.8. The fourth-order valence-corrected chi connectivity index (χ4v) is 2.02. The second-order valence-electron chi connectivity index (χ2n) is 3.40. The van der Waals surface area contributed by atoms with E-state index in [4.69, 9.17) is 14.6 Å². The summed E-state index contributed by atoms with van der Waals surface area (Å²) in [4.78, 5) is 0. The van der Waals surface area contributed by atoms with Gasteiger partial charge in [-0.05, 0) is 24.3 Å². The Bertz CT molecular complexity index is 424. The fourth-order valence-electron chi connectivity index (χ4n) is 1.20. The minimum absolute atomic E-state index is 0.0780. The molecule has 0 bridgehead atoms. The van der Waals surface area contributed by atoms with Gasteiger partial charge in [-0.3, -0.25) is 0 Å². The van der Waals surface area contributed by atoms with Gasteiger partial charge in [-0.2, -0.15) is 0 Å². The van der Waals surface area contributed by atoms with Crippen molar-refractivity contribution in [2.45, 2.75) is 0 Å². The van der Waals surface area contributed by atoms with Crippen LogP contribution < -0.4 is 9.47 Å². The summed E-state index contributed by atoms with van der Waals surface area (Å²) >= 11 is 0. The van der Waals surface area contributed by atoms with Crippen LogP contribution in [0.4, 0.5) is 0 Å². The Balaban J connectivity index is 2.40. The zero-order valence-electron chi connectivity index (χ0n) is 9.63. The van der Waals surface area contributed by atoms with Crippen molar-refractivity contribution in [2.24, 2.45) is 0 Å². The number of benzene rings is 1. The number of ether oxygens (including phenoxy) is 2. The van der Waals surface area contributed by atoms with E-state index in [0.717, 1.165) is 0 Å². The van der Waals surface area contributed by atoms with Crippen LogP contribution in [0.1, 0.15) is 0 Å². The standard InChI is InChI=1S/C11H16O5S/c1-15-10-2-4-11(5-3-10)16-7-9-17(13,14)8-6-12/h2-5,12H,6-9H2,1H3. The maximum Gasteiger partial charge on any atom is 0.155 e. The normalized spacial score (nSPS) is 11.2. The molecule has 0 heterocycles. The quantitative estimate of drug-likeness (QED) is 0.772. The molecule has 0 radical (unpaired) electrons. The van der Waals surface area contributed by atoms with Crippen LogP contribution in [0.5, 0.6) is 11.5 Å². The minimum atomic E-state index is -3.21. The zero-order valence-corrected chi connectivity index (χ0v) is 10.4. The number of hydrogen-bond donors (Lipinski definition) is 1. The Kier molecular flexibility index (Phi) is 5.24. The van der Waals surface area contributed by atoms with Gasteiger partial charge >= 0.3 is 0 Å². The molecule has 1 N–H and O–H groups in total. The minimum Gasteiger partial charge on any atom is -0.497 e. The Morgan fingerprint density at radius 2 is 1.71 bits per heavy atom. The predicted molar refractivity (Wildman–Crippen MR) is 64.2 cm³/mol. The molecule has 0 atom stereocenters. The first-order valence-electron chi connectivity index (χ1n) is 5.15. The highest BCUT2D eigenvalue weighted by molar-refractivity contribution is 7.91. The first-order chi connectivity index (χ1) is 8.07. The van der Waals surface area contributed by atoms with E-state index >= 15 is 0 Å². The molecule has 0 unspecified atom stereocenters. The molecule has 0 aliphatic heterocycles. The Morgan fingerprint density at radius 3 is 2.24 bits per heavy atom. The molecule has 96 valence electrons. The van der Waals surface area contributed by atoms with E-state index in [9.17, 15) is 8.42 Å². The molecular weight excluding hydrogens is 244 g/mol. The van der Waals surface area contributed by atoms with E-state index in [0.29, 0.717) is 11.5 Å². The third-order valence-electron chi connectivity index (χ3n) is 2.12. The van der Waals surface area contributed by atoms with Crippen molar-refractivity contribution >= 4 is 9.84 Å². The van der Waals surface area contributed by atoms with E-state index in [1.165, 1.54) is 0 Å². The maximum absolute atomic E-state index is 11.3. The smallest absolute Gasteiger partial charge is 0.155 e. The Hall–Kier alpha value is -1.27. The van der Waals surface area contributed by atoms with Gasteiger partial charge < -0.3 is 14.6 Å². The van der Waals surface area contributed by atoms with Crippen LogP contribution in [0, 0.1) is 0 Å². The van der Waals surface area contributed by atoms with Crippen LogP contribution in [0.2, 0.25) is 0 Å². The SMILES string of the molecule is COc1ccc(OCCS(=O)(=O)CCO)cc1. The summed E-state index contributed by atoms with van der Waals surface area (Å²) in [6.07, 6.45) is 0. The Morgan fingerprint density at radius 1 is 1.12 bits per heavy atom. The number of aliphatic hydroxyl groups is 1. The van der Waals surface area contributed by atoms with E-state index in [1.54, 1.807) is 31.4 Å². The van der Waals surface area contributed by atoms with Gasteiger partial charge in [0.2, 0.25) is 0 Å². The number of aliphatic hydroxyl groups excluding tert-OH is 1. The third kappa shape index (κ3) is 5.06. The average Bonchev–Trinajstić information content (AvgIpc) is 2.29. The molecule has 0 saturated heterocycles. The zero-order chi connectivity index (χ0) is 12.7. The molecule has 6 heteroatoms. The van der Waals surface area contributed by atoms with Crippen LogP contribution in [-0.2, 0) is 9.84 Å². The van der Waals surface area contributed by atoms with Crippen molar-refractivity contribution in [3.63, 3.8) is 0 Å². The van der Waals surface area contributed by atoms with Gasteiger partial charge in [0.1, 0.15) is 18.1 Å². The fraction of sp³-hybridized carbons (Fsp3) is 0.455. The molecule has 1 aromatic rings. The molecule has 1 rings (SSSR count). The van der Waals surface area contributed by atoms with Gasteiger partial charge in [-0.15, -0.1) is 0 Å². The first-order valence-corrected chi connectivity index (χ1v) is 6.97. The highest BCUT2D eigenvalue weighted by Crippen LogP contribution is 2.16. The highest BCUT2D eigenvalue weighted by Gasteiger charge is 2.09. The molecule has 0 aliphatic rings. The second kappa shape index (κ2) is 6.46. The number of hydrogen-bond acceptors (Lipinski definition) is 5. The van der Waals surface area contributed by atoms with E-state index in [-0.39, 0.29) is 24.7 Å². The molecule has 0 spiro atoms. The summed E-state index contributed by atoms with van der Waals surface area (Å²) in [6, 6.07) is 6.88. The van der Waals surface area contributed by atoms with Gasteiger partial charge in [0.25, 0.3) is 0 Å². The lowest BCUT2D eigenvalue weighted by atomic mass is 10.3. The topological polar surface area (TPSA) is 72.8 Å². The van der Waals surface area contributed by atoms with Crippen molar-refractivity contribution in [3.8, 4) is 11.5 Å². The van der Waals surface area contributed by atoms with Crippen molar-refractivity contribution in [1.82, 2.24) is 0 Å². The van der Waals surface area contributed by atoms with Crippen LogP contribution in [-0.4, -0.2) is 45.4 Å². The molecule has 1 aromatic carbocycles. The van der Waals surface area contributed by atoms with Crippen LogP contribution in [0.3, 0.4) is 0 Å². The summed E-state index contributed by atoms with van der Waals surface area (Å²) in [5.74, 6) is 0.980. The van der Waals surface area contributed by atoms with Crippen LogP contribution in [0.25, 0.3) is 0 Å². The van der Waals surface area contributed by atoms with Crippen LogP contribution >= 0.6 is 0 Å². The van der Waals surface area contributed by atoms with Crippen molar-refractivity contribution < 1.29 is 23.0 Å².